The highest BCUT2D eigenvalue weighted by molar-refractivity contribution is 7.45. The van der Waals surface area contributed by atoms with Gasteiger partial charge in [0, 0.05) is 12.8 Å². The Labute approximate surface area is 346 Å². The highest BCUT2D eigenvalue weighted by Crippen LogP contribution is 2.38. The number of carbonyl (C=O) groups is 2. The van der Waals surface area contributed by atoms with Crippen LogP contribution in [0, 0.1) is 0 Å². The van der Waals surface area contributed by atoms with Crippen molar-refractivity contribution in [2.75, 3.05) is 47.5 Å². The quantitative estimate of drug-likeness (QED) is 0.0164. The number of likely N-dealkylation sites (N-methyl/N-ethyl adjacent to an activating group) is 1. The van der Waals surface area contributed by atoms with Crippen LogP contribution in [0.5, 0.6) is 0 Å². The van der Waals surface area contributed by atoms with Gasteiger partial charge >= 0.3 is 11.9 Å². The Bertz CT molecular complexity index is 1310. The summed E-state index contributed by atoms with van der Waals surface area (Å²) in [5.41, 5.74) is 0. The molecule has 11 heteroatoms. The van der Waals surface area contributed by atoms with Crippen LogP contribution in [0.1, 0.15) is 123 Å². The van der Waals surface area contributed by atoms with Gasteiger partial charge in [0.15, 0.2) is 6.10 Å². The first-order chi connectivity index (χ1) is 27.4. The number of ether oxygens (including phenoxy) is 2. The fraction of sp³-hybridized carbons (Fsp3) is 0.609. The first kappa shape index (κ1) is 53.9. The number of rotatable bonds is 36. The molecule has 3 atom stereocenters. The molecule has 1 N–H and O–H groups in total. The highest BCUT2D eigenvalue weighted by Gasteiger charge is 2.21. The molecule has 0 bridgehead atoms. The van der Waals surface area contributed by atoms with Gasteiger partial charge in [-0.1, -0.05) is 130 Å². The van der Waals surface area contributed by atoms with Crippen LogP contribution >= 0.6 is 7.82 Å². The molecule has 0 aliphatic rings. The second kappa shape index (κ2) is 37.2. The Hall–Kier alpha value is -3.11. The molecule has 0 saturated heterocycles. The zero-order valence-corrected chi connectivity index (χ0v) is 36.7. The molecule has 10 nitrogen and oxygen atoms in total. The largest absolute Gasteiger partial charge is 0.756 e. The number of phosphoric acid groups is 1. The number of quaternary nitrogens is 1. The van der Waals surface area contributed by atoms with E-state index in [2.05, 4.69) is 74.6 Å². The monoisotopic (exact) mass is 818 g/mol. The van der Waals surface area contributed by atoms with Crippen molar-refractivity contribution in [3.05, 3.63) is 97.2 Å². The van der Waals surface area contributed by atoms with Crippen molar-refractivity contribution in [2.24, 2.45) is 0 Å². The number of allylic oxidation sites excluding steroid dienone is 15. The number of aliphatic hydroxyl groups is 1. The van der Waals surface area contributed by atoms with E-state index < -0.39 is 32.5 Å². The minimum atomic E-state index is -4.67. The molecule has 0 radical (unpaired) electrons. The van der Waals surface area contributed by atoms with E-state index in [4.69, 9.17) is 18.5 Å². The molecule has 0 fully saturated rings. The predicted octanol–water partition coefficient (Wildman–Crippen LogP) is 10.1. The van der Waals surface area contributed by atoms with Gasteiger partial charge in [0.05, 0.1) is 33.9 Å². The second-order valence-electron chi connectivity index (χ2n) is 14.8. The van der Waals surface area contributed by atoms with E-state index in [-0.39, 0.29) is 32.2 Å². The molecule has 0 amide bonds. The summed E-state index contributed by atoms with van der Waals surface area (Å²) >= 11 is 0. The molecule has 1 unspecified atom stereocenters. The van der Waals surface area contributed by atoms with Crippen LogP contribution in [-0.2, 0) is 32.7 Å². The SMILES string of the molecule is CC/C=C\C/C=C\C/C=C\C/C=C\CCCCC(=O)OC[C@H](COP(=O)([O-])OCC[N+](C)(C)C)OC(=O)CCC/C=C\C/C=C\C/C=C\C=C\[C@@H](O)CCCCC. The maximum atomic E-state index is 12.6. The van der Waals surface area contributed by atoms with E-state index in [0.29, 0.717) is 30.3 Å². The van der Waals surface area contributed by atoms with E-state index >= 15 is 0 Å². The van der Waals surface area contributed by atoms with Crippen LogP contribution in [0.4, 0.5) is 0 Å². The van der Waals surface area contributed by atoms with Gasteiger partial charge in [0.2, 0.25) is 0 Å². The van der Waals surface area contributed by atoms with Gasteiger partial charge in [-0.3, -0.25) is 14.2 Å². The van der Waals surface area contributed by atoms with Crippen LogP contribution in [0.2, 0.25) is 0 Å². The Balaban J connectivity index is 4.62. The Morgan fingerprint density at radius 2 is 1.23 bits per heavy atom. The Kier molecular flexibility index (Phi) is 35.2. The standard InChI is InChI=1S/C46H76NO9P/c1-6-8-10-11-12-13-14-15-16-17-20-23-26-29-33-37-45(49)53-41-44(42-55-57(51,52)54-40-39-47(3,4)5)56-46(50)38-34-30-27-24-21-18-19-22-25-28-32-36-43(48)35-31-9-7-2/h8,10,12-13,15-16,18-20,23-25,27-28,32,36,43-44,48H,6-7,9,11,14,17,21-22,26,29-31,33-35,37-42H2,1-5H3/b10-8-,13-12-,16-15-,19-18-,23-20-,27-24-,28-25-,36-32+/t43-,44+/m0/s1. The van der Waals surface area contributed by atoms with Crippen LogP contribution < -0.4 is 4.89 Å². The zero-order valence-electron chi connectivity index (χ0n) is 35.8. The summed E-state index contributed by atoms with van der Waals surface area (Å²) in [6.45, 7) is 3.82. The lowest BCUT2D eigenvalue weighted by Gasteiger charge is -2.28. The molecule has 57 heavy (non-hydrogen) atoms. The van der Waals surface area contributed by atoms with Crippen LogP contribution in [0.15, 0.2) is 97.2 Å². The molecule has 0 heterocycles. The lowest BCUT2D eigenvalue weighted by atomic mass is 10.1. The van der Waals surface area contributed by atoms with Gasteiger partial charge in [-0.15, -0.1) is 0 Å². The number of unbranched alkanes of at least 4 members (excludes halogenated alkanes) is 5. The lowest BCUT2D eigenvalue weighted by molar-refractivity contribution is -0.870. The van der Waals surface area contributed by atoms with Gasteiger partial charge < -0.3 is 33.0 Å². The smallest absolute Gasteiger partial charge is 0.306 e. The van der Waals surface area contributed by atoms with E-state index in [9.17, 15) is 24.2 Å². The third-order valence-corrected chi connectivity index (χ3v) is 9.16. The van der Waals surface area contributed by atoms with Crippen LogP contribution in [-0.4, -0.2) is 81.2 Å². The van der Waals surface area contributed by atoms with Crippen molar-refractivity contribution in [2.45, 2.75) is 135 Å². The number of aliphatic hydroxyl groups excluding tert-OH is 1. The van der Waals surface area contributed by atoms with E-state index in [0.717, 1.165) is 77.0 Å². The molecular weight excluding hydrogens is 741 g/mol. The van der Waals surface area contributed by atoms with Gasteiger partial charge in [0.25, 0.3) is 7.82 Å². The summed E-state index contributed by atoms with van der Waals surface area (Å²) in [6, 6.07) is 0. The number of hydrogen-bond donors (Lipinski definition) is 1. The van der Waals surface area contributed by atoms with Crippen molar-refractivity contribution in [1.82, 2.24) is 0 Å². The van der Waals surface area contributed by atoms with Crippen molar-refractivity contribution in [3.63, 3.8) is 0 Å². The predicted molar refractivity (Wildman–Crippen MR) is 232 cm³/mol. The minimum Gasteiger partial charge on any atom is -0.756 e. The highest BCUT2D eigenvalue weighted by atomic mass is 31.2. The number of esters is 2. The number of nitrogens with zero attached hydrogens (tertiary/aromatic N) is 1. The molecule has 0 aromatic rings. The van der Waals surface area contributed by atoms with Crippen molar-refractivity contribution in [3.8, 4) is 0 Å². The summed E-state index contributed by atoms with van der Waals surface area (Å²) in [6.07, 6.45) is 44.9. The van der Waals surface area contributed by atoms with E-state index in [1.165, 1.54) is 0 Å². The first-order valence-corrected chi connectivity index (χ1v) is 22.5. The maximum absolute atomic E-state index is 12.6. The van der Waals surface area contributed by atoms with Gasteiger partial charge in [0.1, 0.15) is 19.8 Å². The normalized spacial score (nSPS) is 15.1. The fourth-order valence-electron chi connectivity index (χ4n) is 4.86. The molecule has 0 spiro atoms. The Morgan fingerprint density at radius 1 is 0.667 bits per heavy atom. The van der Waals surface area contributed by atoms with Crippen LogP contribution in [0.3, 0.4) is 0 Å². The van der Waals surface area contributed by atoms with Crippen molar-refractivity contribution < 1.29 is 47.2 Å². The number of phosphoric ester groups is 1. The van der Waals surface area contributed by atoms with Gasteiger partial charge in [-0.25, -0.2) is 0 Å². The third kappa shape index (κ3) is 40.9. The molecule has 0 aromatic heterocycles. The molecule has 0 aliphatic heterocycles. The van der Waals surface area contributed by atoms with Crippen molar-refractivity contribution in [1.29, 1.82) is 0 Å². The molecular formula is C46H76NO9P. The minimum absolute atomic E-state index is 0.0618. The average molecular weight is 818 g/mol. The Morgan fingerprint density at radius 3 is 1.82 bits per heavy atom. The topological polar surface area (TPSA) is 131 Å². The summed E-state index contributed by atoms with van der Waals surface area (Å²) in [7, 11) is 1.06. The lowest BCUT2D eigenvalue weighted by Crippen LogP contribution is -2.37. The summed E-state index contributed by atoms with van der Waals surface area (Å²) in [4.78, 5) is 37.4. The number of carbonyl (C=O) groups excluding carboxylic acids is 2. The molecule has 0 aromatic carbocycles. The fourth-order valence-corrected chi connectivity index (χ4v) is 5.59. The number of hydrogen-bond acceptors (Lipinski definition) is 9. The molecule has 0 aliphatic carbocycles. The molecule has 0 rings (SSSR count). The summed E-state index contributed by atoms with van der Waals surface area (Å²) < 4.78 is 33.7. The molecule has 324 valence electrons. The molecule has 0 saturated carbocycles. The van der Waals surface area contributed by atoms with Gasteiger partial charge in [-0.2, -0.15) is 0 Å². The maximum Gasteiger partial charge on any atom is 0.306 e. The third-order valence-electron chi connectivity index (χ3n) is 8.19. The second-order valence-corrected chi connectivity index (χ2v) is 16.2. The summed E-state index contributed by atoms with van der Waals surface area (Å²) in [5.74, 6) is -0.988. The summed E-state index contributed by atoms with van der Waals surface area (Å²) in [5, 5.41) is 9.90. The van der Waals surface area contributed by atoms with E-state index in [1.807, 2.05) is 57.6 Å². The average Bonchev–Trinajstić information content (AvgIpc) is 3.15. The van der Waals surface area contributed by atoms with Gasteiger partial charge in [-0.05, 0) is 77.0 Å². The van der Waals surface area contributed by atoms with Crippen molar-refractivity contribution >= 4 is 19.8 Å². The van der Waals surface area contributed by atoms with E-state index in [1.54, 1.807) is 0 Å². The first-order valence-electron chi connectivity index (χ1n) is 21.1. The van der Waals surface area contributed by atoms with Crippen LogP contribution in [0.25, 0.3) is 0 Å². The zero-order chi connectivity index (χ0) is 42.3.